The van der Waals surface area contributed by atoms with Gasteiger partial charge < -0.3 is 18.6 Å². The van der Waals surface area contributed by atoms with Crippen LogP contribution in [0.25, 0.3) is 121 Å². The van der Waals surface area contributed by atoms with E-state index in [-0.39, 0.29) is 0 Å². The van der Waals surface area contributed by atoms with Crippen molar-refractivity contribution in [1.29, 1.82) is 0 Å². The highest BCUT2D eigenvalue weighted by molar-refractivity contribution is 6.89. The summed E-state index contributed by atoms with van der Waals surface area (Å²) in [6.45, 7) is 14.7. The molecule has 0 N–H and O–H groups in total. The molecule has 6 heteroatoms. The molecule has 4 nitrogen and oxygen atoms in total. The molecule has 430 valence electrons. The minimum Gasteiger partial charge on any atom is -0.309 e. The van der Waals surface area contributed by atoms with E-state index in [0.717, 1.165) is 34.1 Å². The van der Waals surface area contributed by atoms with Crippen molar-refractivity contribution < 1.29 is 0 Å². The summed E-state index contributed by atoms with van der Waals surface area (Å²) >= 11 is 0. The third kappa shape index (κ3) is 8.46. The van der Waals surface area contributed by atoms with Crippen LogP contribution in [0.15, 0.2) is 291 Å². The first-order valence-corrected chi connectivity index (χ1v) is 38.6. The first-order valence-electron chi connectivity index (χ1n) is 31.6. The van der Waals surface area contributed by atoms with Crippen LogP contribution in [0.5, 0.6) is 0 Å². The van der Waals surface area contributed by atoms with Crippen LogP contribution < -0.4 is 20.2 Å². The third-order valence-corrected chi connectivity index (χ3v) is 23.1. The molecule has 17 rings (SSSR count). The molecule has 0 aliphatic heterocycles. The topological polar surface area (TPSA) is 15.3 Å². The summed E-state index contributed by atoms with van der Waals surface area (Å²) in [7, 11) is -3.46. The van der Waals surface area contributed by atoms with Gasteiger partial charge >= 0.3 is 0 Å². The number of nitrogens with zero attached hydrogens (tertiary/aromatic N) is 4. The maximum atomic E-state index is 2.58. The second-order valence-corrected chi connectivity index (χ2v) is 36.7. The van der Waals surface area contributed by atoms with Gasteiger partial charge in [0.1, 0.15) is 0 Å². The zero-order valence-electron chi connectivity index (χ0n) is 51.5. The molecule has 4 heterocycles. The van der Waals surface area contributed by atoms with Crippen LogP contribution in [0, 0.1) is 0 Å². The molecule has 0 aliphatic carbocycles. The largest absolute Gasteiger partial charge is 0.309 e. The van der Waals surface area contributed by atoms with E-state index in [1.54, 1.807) is 0 Å². The Bertz CT molecular complexity index is 5270. The number of benzene rings is 13. The zero-order valence-corrected chi connectivity index (χ0v) is 53.5. The predicted molar refractivity (Wildman–Crippen MR) is 393 cm³/mol. The van der Waals surface area contributed by atoms with Crippen LogP contribution in [0.1, 0.15) is 0 Å². The Balaban J connectivity index is 0.931. The lowest BCUT2D eigenvalue weighted by atomic mass is 9.98. The number of fused-ring (bicyclic) bond motifs is 12. The van der Waals surface area contributed by atoms with Crippen molar-refractivity contribution >= 4 is 137 Å². The van der Waals surface area contributed by atoms with E-state index in [1.165, 1.54) is 131 Å². The van der Waals surface area contributed by atoms with Gasteiger partial charge in [0.2, 0.25) is 0 Å². The summed E-state index contributed by atoms with van der Waals surface area (Å²) in [5.74, 6) is 0. The fraction of sp³-hybridized carbons (Fsp3) is 0.0714. The van der Waals surface area contributed by atoms with E-state index >= 15 is 0 Å². The van der Waals surface area contributed by atoms with Crippen LogP contribution in [0.4, 0.5) is 34.1 Å². The molecule has 4 aromatic heterocycles. The van der Waals surface area contributed by atoms with Crippen molar-refractivity contribution in [3.63, 3.8) is 0 Å². The first kappa shape index (κ1) is 53.7. The lowest BCUT2D eigenvalue weighted by Gasteiger charge is -2.30. The van der Waals surface area contributed by atoms with E-state index in [4.69, 9.17) is 0 Å². The Morgan fingerprint density at radius 1 is 0.244 bits per heavy atom. The number of hydrogen-bond donors (Lipinski definition) is 0. The smallest absolute Gasteiger partial charge is 0.0776 e. The lowest BCUT2D eigenvalue weighted by Crippen LogP contribution is -2.37. The summed E-state index contributed by atoms with van der Waals surface area (Å²) in [5, 5.41) is 12.7. The summed E-state index contributed by atoms with van der Waals surface area (Å²) in [5.41, 5.74) is 23.7. The minimum absolute atomic E-state index is 1.11. The van der Waals surface area contributed by atoms with Gasteiger partial charge in [-0.1, -0.05) is 268 Å². The van der Waals surface area contributed by atoms with Crippen molar-refractivity contribution in [2.45, 2.75) is 39.3 Å². The van der Waals surface area contributed by atoms with Gasteiger partial charge in [0.05, 0.1) is 72.0 Å². The molecule has 13 aromatic carbocycles. The molecule has 0 atom stereocenters. The molecule has 17 aromatic rings. The van der Waals surface area contributed by atoms with E-state index in [1.807, 2.05) is 0 Å². The molecule has 0 radical (unpaired) electrons. The number of rotatable bonds is 12. The van der Waals surface area contributed by atoms with Gasteiger partial charge in [0.15, 0.2) is 0 Å². The van der Waals surface area contributed by atoms with Gasteiger partial charge in [-0.3, -0.25) is 0 Å². The normalized spacial score (nSPS) is 12.3. The Morgan fingerprint density at radius 3 is 0.978 bits per heavy atom. The molecular formula is C84H66N4Si2. The van der Waals surface area contributed by atoms with Crippen LogP contribution in [-0.2, 0) is 0 Å². The molecular weight excluding hydrogens is 1120 g/mol. The molecule has 0 spiro atoms. The third-order valence-electron chi connectivity index (χ3n) is 19.0. The molecule has 90 heavy (non-hydrogen) atoms. The second-order valence-electron chi connectivity index (χ2n) is 26.5. The van der Waals surface area contributed by atoms with Gasteiger partial charge in [-0.25, -0.2) is 0 Å². The number of hydrogen-bond acceptors (Lipinski definition) is 2. The van der Waals surface area contributed by atoms with Gasteiger partial charge in [-0.05, 0) is 106 Å². The van der Waals surface area contributed by atoms with E-state index < -0.39 is 16.1 Å². The van der Waals surface area contributed by atoms with Crippen LogP contribution in [0.2, 0.25) is 39.3 Å². The summed E-state index contributed by atoms with van der Waals surface area (Å²) in [4.78, 5) is 5.12. The lowest BCUT2D eigenvalue weighted by molar-refractivity contribution is 1.30. The molecule has 0 saturated carbocycles. The standard InChI is InChI=1S/C84H66N4Si2/c1-89(2,3)63-41-45-75(69(51-63)57-29-15-9-16-30-57)85(61-35-23-33-59(49-61)55-25-11-7-12-26-55)77-47-43-65-71-53-80-72(54-79(71)87-73-39-21-19-37-67(73)81(77)83(65)87)66-44-48-78(82-68-38-20-22-40-74(68)88(80)84(66)82)86(62-36-24-34-60(50-62)56-27-13-8-14-28-56)76-46-42-64(90(4,5)6)52-70(76)58-31-17-10-18-32-58/h7-54H,1-6H3. The van der Waals surface area contributed by atoms with Gasteiger partial charge in [0.25, 0.3) is 0 Å². The van der Waals surface area contributed by atoms with Crippen molar-refractivity contribution in [2.75, 3.05) is 9.80 Å². The summed E-state index contributed by atoms with van der Waals surface area (Å²) in [6, 6.07) is 109. The minimum atomic E-state index is -1.73. The van der Waals surface area contributed by atoms with E-state index in [9.17, 15) is 0 Å². The van der Waals surface area contributed by atoms with Crippen molar-refractivity contribution in [2.24, 2.45) is 0 Å². The molecule has 0 amide bonds. The van der Waals surface area contributed by atoms with Crippen LogP contribution in [0.3, 0.4) is 0 Å². The average Bonchev–Trinajstić information content (AvgIpc) is 1.52. The molecule has 0 aliphatic rings. The van der Waals surface area contributed by atoms with E-state index in [0.29, 0.717) is 0 Å². The highest BCUT2D eigenvalue weighted by atomic mass is 28.3. The average molecular weight is 1190 g/mol. The predicted octanol–water partition coefficient (Wildman–Crippen LogP) is 22.7. The van der Waals surface area contributed by atoms with Gasteiger partial charge in [-0.15, -0.1) is 0 Å². The monoisotopic (exact) mass is 1190 g/mol. The molecule has 0 saturated heterocycles. The summed E-state index contributed by atoms with van der Waals surface area (Å²) in [6.07, 6.45) is 0. The van der Waals surface area contributed by atoms with Crippen molar-refractivity contribution in [1.82, 2.24) is 8.80 Å². The molecule has 0 unspecified atom stereocenters. The van der Waals surface area contributed by atoms with Crippen molar-refractivity contribution in [3.8, 4) is 44.5 Å². The maximum absolute atomic E-state index is 2.58. The number of aromatic nitrogens is 2. The number of para-hydroxylation sites is 2. The van der Waals surface area contributed by atoms with Gasteiger partial charge in [-0.2, -0.15) is 0 Å². The quantitative estimate of drug-likeness (QED) is 0.113. The fourth-order valence-corrected chi connectivity index (χ4v) is 17.0. The Hall–Kier alpha value is -10.5. The Morgan fingerprint density at radius 2 is 0.589 bits per heavy atom. The Kier molecular flexibility index (Phi) is 12.3. The highest BCUT2D eigenvalue weighted by Gasteiger charge is 2.31. The number of anilines is 6. The molecule has 0 bridgehead atoms. The first-order chi connectivity index (χ1) is 43.9. The summed E-state index contributed by atoms with van der Waals surface area (Å²) < 4.78 is 5.16. The zero-order chi connectivity index (χ0) is 60.6. The second kappa shape index (κ2) is 20.5. The van der Waals surface area contributed by atoms with Crippen LogP contribution in [-0.4, -0.2) is 24.9 Å². The highest BCUT2D eigenvalue weighted by Crippen LogP contribution is 2.53. The fourth-order valence-electron chi connectivity index (χ4n) is 14.7. The van der Waals surface area contributed by atoms with Gasteiger partial charge in [0, 0.05) is 65.6 Å². The Labute approximate surface area is 527 Å². The maximum Gasteiger partial charge on any atom is 0.0776 e. The SMILES string of the molecule is C[Si](C)(C)c1ccc(N(c2cccc(-c3ccccc3)c2)c2ccc3c4cc5c(cc4n4c6ccccc6c2c34)c2ccc(N(c3cccc(-c4ccccc4)c3)c3ccc([Si](C)(C)C)cc3-c3ccccc3)c3c4ccccc4n5c23)c(-c2ccccc2)c1. The molecule has 0 fully saturated rings. The van der Waals surface area contributed by atoms with Crippen LogP contribution >= 0.6 is 0 Å². The van der Waals surface area contributed by atoms with E-state index in [2.05, 4.69) is 349 Å². The van der Waals surface area contributed by atoms with Crippen molar-refractivity contribution in [3.05, 3.63) is 291 Å².